The van der Waals surface area contributed by atoms with E-state index in [1.165, 1.54) is 11.6 Å². The smallest absolute Gasteiger partial charge is 0.119 e. The minimum absolute atomic E-state index is 0.0942. The lowest BCUT2D eigenvalue weighted by atomic mass is 10.0. The third kappa shape index (κ3) is 4.58. The molecule has 2 N–H and O–H groups in total. The molecule has 0 aliphatic rings. The van der Waals surface area contributed by atoms with Gasteiger partial charge in [-0.05, 0) is 72.5 Å². The van der Waals surface area contributed by atoms with Crippen molar-refractivity contribution in [3.05, 3.63) is 114 Å². The zero-order valence-electron chi connectivity index (χ0n) is 16.1. The zero-order valence-corrected chi connectivity index (χ0v) is 16.1. The number of anilines is 3. The Hall–Kier alpha value is -3.72. The van der Waals surface area contributed by atoms with Crippen LogP contribution in [0, 0.1) is 0 Å². The molecule has 144 valence electrons. The molecule has 4 aromatic rings. The molecule has 0 aliphatic heterocycles. The first-order chi connectivity index (χ1) is 14.2. The Labute approximate surface area is 171 Å². The van der Waals surface area contributed by atoms with Gasteiger partial charge in [0.25, 0.3) is 0 Å². The third-order valence-electron chi connectivity index (χ3n) is 4.89. The highest BCUT2D eigenvalue weighted by molar-refractivity contribution is 5.76. The van der Waals surface area contributed by atoms with Gasteiger partial charge in [0.05, 0.1) is 0 Å². The maximum atomic E-state index is 9.64. The highest BCUT2D eigenvalue weighted by atomic mass is 16.3. The van der Waals surface area contributed by atoms with E-state index in [-0.39, 0.29) is 11.5 Å². The van der Waals surface area contributed by atoms with Gasteiger partial charge in [0.2, 0.25) is 0 Å². The summed E-state index contributed by atoms with van der Waals surface area (Å²) >= 11 is 0. The van der Waals surface area contributed by atoms with Crippen LogP contribution >= 0.6 is 0 Å². The first-order valence-electron chi connectivity index (χ1n) is 9.70. The molecule has 3 heteroatoms. The van der Waals surface area contributed by atoms with Crippen LogP contribution in [0.3, 0.4) is 0 Å². The third-order valence-corrected chi connectivity index (χ3v) is 4.89. The van der Waals surface area contributed by atoms with Crippen LogP contribution in [0.25, 0.3) is 0 Å². The van der Waals surface area contributed by atoms with Gasteiger partial charge in [0, 0.05) is 23.1 Å². The van der Waals surface area contributed by atoms with Gasteiger partial charge in [0.1, 0.15) is 11.5 Å². The quantitative estimate of drug-likeness (QED) is 0.409. The average molecular weight is 381 g/mol. The molecular formula is C26H23NO2. The second-order valence-corrected chi connectivity index (χ2v) is 7.03. The molecule has 0 saturated heterocycles. The van der Waals surface area contributed by atoms with E-state index in [9.17, 15) is 10.2 Å². The molecule has 0 radical (unpaired) electrons. The summed E-state index contributed by atoms with van der Waals surface area (Å²) in [7, 11) is 0. The van der Waals surface area contributed by atoms with Gasteiger partial charge in [-0.3, -0.25) is 0 Å². The number of rotatable bonds is 6. The average Bonchev–Trinajstić information content (AvgIpc) is 2.74. The summed E-state index contributed by atoms with van der Waals surface area (Å²) in [6, 6.07) is 33.9. The first kappa shape index (κ1) is 18.6. The van der Waals surface area contributed by atoms with Crippen LogP contribution in [-0.4, -0.2) is 10.2 Å². The second-order valence-electron chi connectivity index (χ2n) is 7.03. The molecule has 0 saturated carbocycles. The number of aryl methyl sites for hydroxylation is 2. The van der Waals surface area contributed by atoms with Crippen molar-refractivity contribution in [1.82, 2.24) is 0 Å². The first-order valence-corrected chi connectivity index (χ1v) is 9.70. The minimum atomic E-state index is 0.0942. The molecule has 0 bridgehead atoms. The number of benzene rings is 4. The standard InChI is InChI=1S/C26H23NO2/c28-25-17-21(18-26(29)19-25)12-11-20-13-15-24(16-14-20)27(22-7-3-1-4-8-22)23-9-5-2-6-10-23/h1-10,13-19,28-29H,11-12H2. The molecule has 4 aromatic carbocycles. The number of aromatic hydroxyl groups is 2. The number of hydrogen-bond donors (Lipinski definition) is 2. The van der Waals surface area contributed by atoms with E-state index >= 15 is 0 Å². The Morgan fingerprint density at radius 2 is 0.931 bits per heavy atom. The molecular weight excluding hydrogens is 358 g/mol. The van der Waals surface area contributed by atoms with E-state index in [4.69, 9.17) is 0 Å². The van der Waals surface area contributed by atoms with Crippen molar-refractivity contribution in [1.29, 1.82) is 0 Å². The predicted octanol–water partition coefficient (Wildman–Crippen LogP) is 6.35. The van der Waals surface area contributed by atoms with Gasteiger partial charge < -0.3 is 15.1 Å². The summed E-state index contributed by atoms with van der Waals surface area (Å²) in [6.45, 7) is 0. The van der Waals surface area contributed by atoms with Crippen LogP contribution < -0.4 is 4.90 Å². The van der Waals surface area contributed by atoms with Crippen LogP contribution in [-0.2, 0) is 12.8 Å². The largest absolute Gasteiger partial charge is 0.508 e. The van der Waals surface area contributed by atoms with Gasteiger partial charge in [-0.1, -0.05) is 48.5 Å². The molecule has 29 heavy (non-hydrogen) atoms. The summed E-state index contributed by atoms with van der Waals surface area (Å²) in [5, 5.41) is 19.3. The molecule has 0 heterocycles. The van der Waals surface area contributed by atoms with Crippen molar-refractivity contribution in [2.75, 3.05) is 4.90 Å². The molecule has 4 rings (SSSR count). The molecule has 0 amide bonds. The van der Waals surface area contributed by atoms with E-state index in [1.807, 2.05) is 36.4 Å². The van der Waals surface area contributed by atoms with Crippen molar-refractivity contribution < 1.29 is 10.2 Å². The summed E-state index contributed by atoms with van der Waals surface area (Å²) < 4.78 is 0. The van der Waals surface area contributed by atoms with Gasteiger partial charge in [-0.15, -0.1) is 0 Å². The maximum Gasteiger partial charge on any atom is 0.119 e. The van der Waals surface area contributed by atoms with Crippen LogP contribution in [0.5, 0.6) is 11.5 Å². The Morgan fingerprint density at radius 3 is 1.45 bits per heavy atom. The fourth-order valence-corrected chi connectivity index (χ4v) is 3.50. The zero-order chi connectivity index (χ0) is 20.1. The molecule has 0 spiro atoms. The molecule has 0 aromatic heterocycles. The van der Waals surface area contributed by atoms with E-state index in [2.05, 4.69) is 53.4 Å². The predicted molar refractivity (Wildman–Crippen MR) is 118 cm³/mol. The van der Waals surface area contributed by atoms with E-state index in [0.29, 0.717) is 0 Å². The summed E-state index contributed by atoms with van der Waals surface area (Å²) in [6.07, 6.45) is 1.59. The van der Waals surface area contributed by atoms with Crippen molar-refractivity contribution in [3.63, 3.8) is 0 Å². The topological polar surface area (TPSA) is 43.7 Å². The molecule has 0 unspecified atom stereocenters. The van der Waals surface area contributed by atoms with Crippen LogP contribution in [0.15, 0.2) is 103 Å². The number of phenolic OH excluding ortho intramolecular Hbond substituents is 2. The van der Waals surface area contributed by atoms with Crippen LogP contribution in [0.4, 0.5) is 17.1 Å². The number of nitrogens with zero attached hydrogens (tertiary/aromatic N) is 1. The van der Waals surface area contributed by atoms with Crippen molar-refractivity contribution in [2.24, 2.45) is 0 Å². The highest BCUT2D eigenvalue weighted by Gasteiger charge is 2.11. The Balaban J connectivity index is 1.56. The number of phenols is 2. The SMILES string of the molecule is Oc1cc(O)cc(CCc2ccc(N(c3ccccc3)c3ccccc3)cc2)c1. The van der Waals surface area contributed by atoms with Crippen molar-refractivity contribution in [3.8, 4) is 11.5 Å². The summed E-state index contributed by atoms with van der Waals surface area (Å²) in [5.74, 6) is 0.188. The fraction of sp³-hybridized carbons (Fsp3) is 0.0769. The van der Waals surface area contributed by atoms with E-state index < -0.39 is 0 Å². The van der Waals surface area contributed by atoms with Gasteiger partial charge >= 0.3 is 0 Å². The highest BCUT2D eigenvalue weighted by Crippen LogP contribution is 2.34. The van der Waals surface area contributed by atoms with E-state index in [1.54, 1.807) is 12.1 Å². The molecule has 0 aliphatic carbocycles. The summed E-state index contributed by atoms with van der Waals surface area (Å²) in [5.41, 5.74) is 5.45. The lowest BCUT2D eigenvalue weighted by molar-refractivity contribution is 0.449. The number of hydrogen-bond acceptors (Lipinski definition) is 3. The Morgan fingerprint density at radius 1 is 0.483 bits per heavy atom. The van der Waals surface area contributed by atoms with Crippen LogP contribution in [0.1, 0.15) is 11.1 Å². The monoisotopic (exact) mass is 381 g/mol. The van der Waals surface area contributed by atoms with Crippen molar-refractivity contribution >= 4 is 17.1 Å². The maximum absolute atomic E-state index is 9.64. The van der Waals surface area contributed by atoms with Gasteiger partial charge in [-0.2, -0.15) is 0 Å². The minimum Gasteiger partial charge on any atom is -0.508 e. The normalized spacial score (nSPS) is 10.6. The molecule has 0 atom stereocenters. The van der Waals surface area contributed by atoms with Crippen LogP contribution in [0.2, 0.25) is 0 Å². The van der Waals surface area contributed by atoms with Crippen molar-refractivity contribution in [2.45, 2.75) is 12.8 Å². The fourth-order valence-electron chi connectivity index (χ4n) is 3.50. The Kier molecular flexibility index (Phi) is 5.48. The molecule has 3 nitrogen and oxygen atoms in total. The lowest BCUT2D eigenvalue weighted by Crippen LogP contribution is -2.09. The lowest BCUT2D eigenvalue weighted by Gasteiger charge is -2.25. The summed E-state index contributed by atoms with van der Waals surface area (Å²) in [4.78, 5) is 2.23. The molecule has 0 fully saturated rings. The van der Waals surface area contributed by atoms with Gasteiger partial charge in [-0.25, -0.2) is 0 Å². The number of para-hydroxylation sites is 2. The Bertz CT molecular complexity index is 1000. The van der Waals surface area contributed by atoms with Gasteiger partial charge in [0.15, 0.2) is 0 Å². The van der Waals surface area contributed by atoms with E-state index in [0.717, 1.165) is 35.5 Å². The second kappa shape index (κ2) is 8.53.